The molecule has 0 N–H and O–H groups in total. The highest BCUT2D eigenvalue weighted by Crippen LogP contribution is 2.20. The molecule has 0 aliphatic heterocycles. The van der Waals surface area contributed by atoms with E-state index in [-0.39, 0.29) is 0 Å². The van der Waals surface area contributed by atoms with Crippen molar-refractivity contribution in [3.63, 3.8) is 0 Å². The fourth-order valence-electron chi connectivity index (χ4n) is 0.312. The van der Waals surface area contributed by atoms with Crippen molar-refractivity contribution < 1.29 is 4.57 Å². The van der Waals surface area contributed by atoms with Gasteiger partial charge in [-0.25, -0.2) is 0 Å². The van der Waals surface area contributed by atoms with E-state index in [2.05, 4.69) is 6.58 Å². The van der Waals surface area contributed by atoms with Crippen molar-refractivity contribution in [3.05, 3.63) is 12.4 Å². The van der Waals surface area contributed by atoms with Gasteiger partial charge in [0.2, 0.25) is 0 Å². The molecule has 1 atom stereocenters. The molecule has 1 unspecified atom stereocenters. The number of hydrogen-bond donors (Lipinski definition) is 0. The Morgan fingerprint density at radius 1 is 1.86 bits per heavy atom. The highest BCUT2D eigenvalue weighted by molar-refractivity contribution is 7.48. The lowest BCUT2D eigenvalue weighted by atomic mass is 10.6. The highest BCUT2D eigenvalue weighted by atomic mass is 31.1. The monoisotopic (exact) mass is 117 g/mol. The first kappa shape index (κ1) is 6.84. The van der Waals surface area contributed by atoms with Gasteiger partial charge in [-0.3, -0.25) is 0 Å². The van der Waals surface area contributed by atoms with Gasteiger partial charge in [0.05, 0.1) is 0 Å². The summed E-state index contributed by atoms with van der Waals surface area (Å²) < 4.78 is 10.4. The lowest BCUT2D eigenvalue weighted by Gasteiger charge is -1.69. The van der Waals surface area contributed by atoms with Crippen LogP contribution in [0.2, 0.25) is 0 Å². The average Bonchev–Trinajstić information content (AvgIpc) is 1.68. The Kier molecular flexibility index (Phi) is 3.92. The van der Waals surface area contributed by atoms with Crippen LogP contribution in [0.5, 0.6) is 0 Å². The van der Waals surface area contributed by atoms with E-state index in [9.17, 15) is 4.57 Å². The van der Waals surface area contributed by atoms with Crippen LogP contribution in [-0.4, -0.2) is 6.16 Å². The van der Waals surface area contributed by atoms with Crippen LogP contribution in [0.3, 0.4) is 0 Å². The Bertz CT molecular complexity index is 78.1. The van der Waals surface area contributed by atoms with E-state index in [0.29, 0.717) is 0 Å². The lowest BCUT2D eigenvalue weighted by molar-refractivity contribution is 0.592. The molecular weight excluding hydrogens is 107 g/mol. The molecule has 0 spiro atoms. The van der Waals surface area contributed by atoms with E-state index >= 15 is 0 Å². The van der Waals surface area contributed by atoms with Crippen LogP contribution in [0.15, 0.2) is 12.4 Å². The Hall–Kier alpha value is -0.160. The summed E-state index contributed by atoms with van der Waals surface area (Å²) in [5.74, 6) is 1.51. The van der Waals surface area contributed by atoms with Crippen LogP contribution in [-0.2, 0) is 4.57 Å². The summed E-state index contributed by atoms with van der Waals surface area (Å²) in [6, 6.07) is 0. The maximum Gasteiger partial charge on any atom is 0.368 e. The maximum absolute atomic E-state index is 10.4. The highest BCUT2D eigenvalue weighted by Gasteiger charge is 2.03. The van der Waals surface area contributed by atoms with Gasteiger partial charge in [0.15, 0.2) is 6.16 Å². The van der Waals surface area contributed by atoms with Crippen LogP contribution in [0.25, 0.3) is 0 Å². The summed E-state index contributed by atoms with van der Waals surface area (Å²) >= 11 is 0. The molecule has 0 heterocycles. The minimum absolute atomic E-state index is 0.791. The van der Waals surface area contributed by atoms with Gasteiger partial charge < -0.3 is 0 Å². The van der Waals surface area contributed by atoms with Gasteiger partial charge >= 0.3 is 7.80 Å². The zero-order valence-electron chi connectivity index (χ0n) is 4.55. The molecule has 40 valence electrons. The molecule has 0 aliphatic carbocycles. The van der Waals surface area contributed by atoms with Crippen LogP contribution in [0, 0.1) is 0 Å². The molecule has 0 aromatic rings. The molecule has 0 aromatic carbocycles. The fourth-order valence-corrected chi connectivity index (χ4v) is 0.935. The fraction of sp³-hybridized carbons (Fsp3) is 0.600. The molecule has 0 aliphatic rings. The molecule has 0 saturated heterocycles. The zero-order chi connectivity index (χ0) is 5.70. The first-order chi connectivity index (χ1) is 3.31. The van der Waals surface area contributed by atoms with Gasteiger partial charge in [-0.1, -0.05) is 18.1 Å². The number of hydrogen-bond acceptors (Lipinski definition) is 1. The van der Waals surface area contributed by atoms with Gasteiger partial charge in [-0.15, -0.1) is 0 Å². The van der Waals surface area contributed by atoms with E-state index in [4.69, 9.17) is 0 Å². The molecular formula is C5H10OP+. The molecule has 0 aromatic heterocycles. The van der Waals surface area contributed by atoms with Crippen molar-refractivity contribution in [2.45, 2.75) is 13.3 Å². The summed E-state index contributed by atoms with van der Waals surface area (Å²) in [5.41, 5.74) is 0. The van der Waals surface area contributed by atoms with Crippen molar-refractivity contribution in [1.29, 1.82) is 0 Å². The van der Waals surface area contributed by atoms with Crippen molar-refractivity contribution in [3.8, 4) is 0 Å². The van der Waals surface area contributed by atoms with Gasteiger partial charge in [0, 0.05) is 0 Å². The van der Waals surface area contributed by atoms with Gasteiger partial charge in [-0.2, -0.15) is 0 Å². The molecule has 0 bridgehead atoms. The predicted molar refractivity (Wildman–Crippen MR) is 33.0 cm³/mol. The third kappa shape index (κ3) is 3.68. The summed E-state index contributed by atoms with van der Waals surface area (Å²) in [5, 5.41) is 0. The SMILES string of the molecule is C=C[P+](=O)CCC. The summed E-state index contributed by atoms with van der Waals surface area (Å²) in [7, 11) is -1.06. The minimum atomic E-state index is -1.06. The average molecular weight is 117 g/mol. The number of rotatable bonds is 3. The molecule has 0 radical (unpaired) electrons. The summed E-state index contributed by atoms with van der Waals surface area (Å²) in [6.45, 7) is 5.41. The second-order valence-corrected chi connectivity index (χ2v) is 2.97. The molecule has 0 amide bonds. The lowest BCUT2D eigenvalue weighted by Crippen LogP contribution is -1.66. The molecule has 1 nitrogen and oxygen atoms in total. The topological polar surface area (TPSA) is 17.1 Å². The first-order valence-corrected chi connectivity index (χ1v) is 3.89. The third-order valence-corrected chi connectivity index (χ3v) is 1.94. The molecule has 0 rings (SSSR count). The summed E-state index contributed by atoms with van der Waals surface area (Å²) in [6.07, 6.45) is 1.78. The molecule has 0 saturated carbocycles. The third-order valence-electron chi connectivity index (χ3n) is 0.648. The van der Waals surface area contributed by atoms with Crippen molar-refractivity contribution in [1.82, 2.24) is 0 Å². The van der Waals surface area contributed by atoms with E-state index < -0.39 is 7.80 Å². The second-order valence-electron chi connectivity index (χ2n) is 1.32. The Balaban J connectivity index is 3.17. The van der Waals surface area contributed by atoms with Crippen molar-refractivity contribution >= 4 is 7.80 Å². The molecule has 2 heteroatoms. The van der Waals surface area contributed by atoms with Crippen LogP contribution in [0.4, 0.5) is 0 Å². The smallest absolute Gasteiger partial charge is 0.0688 e. The first-order valence-electron chi connectivity index (χ1n) is 2.37. The van der Waals surface area contributed by atoms with E-state index in [1.165, 1.54) is 5.82 Å². The summed E-state index contributed by atoms with van der Waals surface area (Å²) in [4.78, 5) is 0. The van der Waals surface area contributed by atoms with Gasteiger partial charge in [0.1, 0.15) is 5.82 Å². The largest absolute Gasteiger partial charge is 0.368 e. The Labute approximate surface area is 45.2 Å². The van der Waals surface area contributed by atoms with Crippen molar-refractivity contribution in [2.75, 3.05) is 6.16 Å². The second kappa shape index (κ2) is 4.01. The Morgan fingerprint density at radius 3 is 2.57 bits per heavy atom. The van der Waals surface area contributed by atoms with E-state index in [1.807, 2.05) is 6.92 Å². The predicted octanol–water partition coefficient (Wildman–Crippen LogP) is 2.37. The van der Waals surface area contributed by atoms with Gasteiger partial charge in [-0.05, 0) is 6.42 Å². The van der Waals surface area contributed by atoms with Gasteiger partial charge in [0.25, 0.3) is 0 Å². The maximum atomic E-state index is 10.4. The van der Waals surface area contributed by atoms with Crippen LogP contribution < -0.4 is 0 Å². The van der Waals surface area contributed by atoms with Crippen molar-refractivity contribution in [2.24, 2.45) is 0 Å². The molecule has 0 fully saturated rings. The quantitative estimate of drug-likeness (QED) is 0.518. The minimum Gasteiger partial charge on any atom is -0.0688 e. The van der Waals surface area contributed by atoms with E-state index in [0.717, 1.165) is 12.6 Å². The standard InChI is InChI=1S/C5H10OP/c1-3-5-7(6)4-2/h4H,2-3,5H2,1H3/q+1. The zero-order valence-corrected chi connectivity index (χ0v) is 5.45. The van der Waals surface area contributed by atoms with Crippen LogP contribution in [0.1, 0.15) is 13.3 Å². The van der Waals surface area contributed by atoms with E-state index in [1.54, 1.807) is 0 Å². The normalized spacial score (nSPS) is 10.7. The Morgan fingerprint density at radius 2 is 2.43 bits per heavy atom. The molecule has 7 heavy (non-hydrogen) atoms. The van der Waals surface area contributed by atoms with Crippen LogP contribution >= 0.6 is 7.80 Å².